The van der Waals surface area contributed by atoms with Crippen LogP contribution >= 0.6 is 0 Å². The molecular formula is C31H52O6Si. The monoisotopic (exact) mass is 548 g/mol. The molecule has 0 unspecified atom stereocenters. The van der Waals surface area contributed by atoms with Crippen molar-refractivity contribution < 1.29 is 28.8 Å². The quantitative estimate of drug-likeness (QED) is 0.262. The van der Waals surface area contributed by atoms with Gasteiger partial charge in [0.05, 0.1) is 58.9 Å². The molecule has 3 rings (SSSR count). The van der Waals surface area contributed by atoms with E-state index in [0.717, 1.165) is 43.4 Å². The average Bonchev–Trinajstić information content (AvgIpc) is 3.42. The van der Waals surface area contributed by atoms with E-state index in [2.05, 4.69) is 58.6 Å². The molecule has 0 bridgehead atoms. The number of benzene rings is 1. The Morgan fingerprint density at radius 1 is 1.16 bits per heavy atom. The zero-order valence-corrected chi connectivity index (χ0v) is 26.0. The second-order valence-electron chi connectivity index (χ2n) is 12.7. The molecule has 2 heterocycles. The average molecular weight is 549 g/mol. The molecule has 2 aliphatic heterocycles. The summed E-state index contributed by atoms with van der Waals surface area (Å²) in [5, 5.41) is 12.5. The second kappa shape index (κ2) is 13.4. The second-order valence-corrected chi connectivity index (χ2v) is 17.8. The molecule has 5 atom stereocenters. The Labute approximate surface area is 232 Å². The summed E-state index contributed by atoms with van der Waals surface area (Å²) in [6, 6.07) is 8.09. The van der Waals surface area contributed by atoms with E-state index >= 15 is 0 Å². The molecule has 0 spiro atoms. The summed E-state index contributed by atoms with van der Waals surface area (Å²) in [6.45, 7) is 17.4. The number of ether oxygens (including phenoxy) is 5. The van der Waals surface area contributed by atoms with E-state index in [1.165, 1.54) is 5.20 Å². The van der Waals surface area contributed by atoms with Crippen LogP contribution in [-0.2, 0) is 25.6 Å². The standard InChI is InChI=1S/C31H52O6Si/c1-9-16-30(3)21-29(34-22-24-10-12-25(33-5)13-11-24)28(37-30)15-14-26(38(6,7)8)19-23(2)27(32)20-31(4)35-17-18-36-31/h10-13,19,23,27-29,32H,9,14-18,20-22H2,1-8H3/b26-19-/t23-,27+,28-,29+,30+/m0/s1. The highest BCUT2D eigenvalue weighted by molar-refractivity contribution is 6.83. The Bertz CT molecular complexity index is 889. The van der Waals surface area contributed by atoms with Gasteiger partial charge in [0.15, 0.2) is 5.79 Å². The molecule has 0 aliphatic carbocycles. The van der Waals surface area contributed by atoms with Crippen LogP contribution in [0.15, 0.2) is 35.5 Å². The normalized spacial score (nSPS) is 27.4. The summed E-state index contributed by atoms with van der Waals surface area (Å²) in [5.41, 5.74) is 0.996. The molecule has 1 aromatic carbocycles. The lowest BCUT2D eigenvalue weighted by Crippen LogP contribution is -2.34. The first kappa shape index (κ1) is 31.3. The zero-order chi connectivity index (χ0) is 28.0. The summed E-state index contributed by atoms with van der Waals surface area (Å²) in [6.07, 6.45) is 7.35. The van der Waals surface area contributed by atoms with Crippen molar-refractivity contribution in [2.75, 3.05) is 20.3 Å². The van der Waals surface area contributed by atoms with Gasteiger partial charge in [0.1, 0.15) is 5.75 Å². The van der Waals surface area contributed by atoms with Gasteiger partial charge < -0.3 is 28.8 Å². The lowest BCUT2D eigenvalue weighted by atomic mass is 9.94. The summed E-state index contributed by atoms with van der Waals surface area (Å²) in [7, 11) is 0.0804. The van der Waals surface area contributed by atoms with Crippen molar-refractivity contribution in [3.63, 3.8) is 0 Å². The Balaban J connectivity index is 1.67. The smallest absolute Gasteiger partial charge is 0.168 e. The Morgan fingerprint density at radius 2 is 1.82 bits per heavy atom. The molecule has 1 N–H and O–H groups in total. The van der Waals surface area contributed by atoms with Gasteiger partial charge in [-0.15, -0.1) is 0 Å². The van der Waals surface area contributed by atoms with Crippen LogP contribution in [0.2, 0.25) is 19.6 Å². The summed E-state index contributed by atoms with van der Waals surface area (Å²) < 4.78 is 30.0. The predicted octanol–water partition coefficient (Wildman–Crippen LogP) is 6.66. The number of aliphatic hydroxyl groups excluding tert-OH is 1. The number of aliphatic hydroxyl groups is 1. The maximum Gasteiger partial charge on any atom is 0.168 e. The van der Waals surface area contributed by atoms with Crippen molar-refractivity contribution in [2.24, 2.45) is 5.92 Å². The van der Waals surface area contributed by atoms with Crippen molar-refractivity contribution in [2.45, 2.75) is 122 Å². The van der Waals surface area contributed by atoms with E-state index in [1.807, 2.05) is 19.1 Å². The molecule has 38 heavy (non-hydrogen) atoms. The minimum atomic E-state index is -1.60. The van der Waals surface area contributed by atoms with Crippen LogP contribution in [0, 0.1) is 5.92 Å². The van der Waals surface area contributed by atoms with Crippen LogP contribution in [0.25, 0.3) is 0 Å². The fourth-order valence-corrected chi connectivity index (χ4v) is 7.40. The summed E-state index contributed by atoms with van der Waals surface area (Å²) in [4.78, 5) is 0. The molecule has 0 radical (unpaired) electrons. The molecule has 0 aromatic heterocycles. The highest BCUT2D eigenvalue weighted by atomic mass is 28.3. The molecule has 1 aromatic rings. The van der Waals surface area contributed by atoms with Crippen molar-refractivity contribution >= 4 is 8.07 Å². The zero-order valence-electron chi connectivity index (χ0n) is 25.0. The Morgan fingerprint density at radius 3 is 2.39 bits per heavy atom. The van der Waals surface area contributed by atoms with E-state index < -0.39 is 20.0 Å². The van der Waals surface area contributed by atoms with E-state index in [4.69, 9.17) is 23.7 Å². The minimum absolute atomic E-state index is 0.0262. The van der Waals surface area contributed by atoms with Crippen LogP contribution in [0.5, 0.6) is 5.75 Å². The van der Waals surface area contributed by atoms with E-state index in [9.17, 15) is 5.11 Å². The lowest BCUT2D eigenvalue weighted by Gasteiger charge is -2.30. The fraction of sp³-hybridized carbons (Fsp3) is 0.742. The Kier molecular flexibility index (Phi) is 11.1. The largest absolute Gasteiger partial charge is 0.497 e. The number of methoxy groups -OCH3 is 1. The van der Waals surface area contributed by atoms with Crippen LogP contribution in [0.3, 0.4) is 0 Å². The van der Waals surface area contributed by atoms with Gasteiger partial charge in [-0.2, -0.15) is 0 Å². The van der Waals surface area contributed by atoms with Gasteiger partial charge in [0, 0.05) is 18.8 Å². The maximum absolute atomic E-state index is 11.0. The van der Waals surface area contributed by atoms with Gasteiger partial charge in [0.25, 0.3) is 0 Å². The van der Waals surface area contributed by atoms with Crippen LogP contribution in [-0.4, -0.2) is 63.2 Å². The van der Waals surface area contributed by atoms with Crippen LogP contribution < -0.4 is 4.74 Å². The Hall–Kier alpha value is -1.22. The first-order valence-corrected chi connectivity index (χ1v) is 18.0. The first-order chi connectivity index (χ1) is 17.9. The van der Waals surface area contributed by atoms with Gasteiger partial charge in [-0.1, -0.05) is 63.3 Å². The van der Waals surface area contributed by atoms with Crippen LogP contribution in [0.4, 0.5) is 0 Å². The third kappa shape index (κ3) is 8.90. The molecule has 7 heteroatoms. The molecule has 6 nitrogen and oxygen atoms in total. The number of hydrogen-bond acceptors (Lipinski definition) is 6. The van der Waals surface area contributed by atoms with E-state index in [-0.39, 0.29) is 23.7 Å². The number of hydrogen-bond donors (Lipinski definition) is 1. The fourth-order valence-electron chi connectivity index (χ4n) is 5.75. The molecular weight excluding hydrogens is 496 g/mol. The maximum atomic E-state index is 11.0. The van der Waals surface area contributed by atoms with E-state index in [0.29, 0.717) is 26.2 Å². The number of allylic oxidation sites excluding steroid dienone is 1. The topological polar surface area (TPSA) is 66.4 Å². The van der Waals surface area contributed by atoms with Gasteiger partial charge in [-0.3, -0.25) is 0 Å². The molecule has 2 fully saturated rings. The van der Waals surface area contributed by atoms with Crippen LogP contribution in [0.1, 0.15) is 71.8 Å². The third-order valence-electron chi connectivity index (χ3n) is 8.10. The summed E-state index contributed by atoms with van der Waals surface area (Å²) >= 11 is 0. The molecule has 0 saturated carbocycles. The third-order valence-corrected chi connectivity index (χ3v) is 10.4. The molecule has 0 amide bonds. The first-order valence-electron chi connectivity index (χ1n) is 14.5. The molecule has 216 valence electrons. The van der Waals surface area contributed by atoms with Gasteiger partial charge in [-0.05, 0) is 50.8 Å². The van der Waals surface area contributed by atoms with Crippen molar-refractivity contribution in [3.8, 4) is 5.75 Å². The molecule has 2 aliphatic rings. The minimum Gasteiger partial charge on any atom is -0.497 e. The van der Waals surface area contributed by atoms with E-state index in [1.54, 1.807) is 7.11 Å². The predicted molar refractivity (Wildman–Crippen MR) is 155 cm³/mol. The van der Waals surface area contributed by atoms with Gasteiger partial charge >= 0.3 is 0 Å². The van der Waals surface area contributed by atoms with Crippen molar-refractivity contribution in [3.05, 3.63) is 41.1 Å². The van der Waals surface area contributed by atoms with Gasteiger partial charge in [-0.25, -0.2) is 0 Å². The SMILES string of the molecule is CCC[C@]1(C)C[C@@H](OCc2ccc(OC)cc2)[C@H](CC/C(=C/[C@H](C)[C@H](O)CC2(C)OCCO2)[Si](C)(C)C)O1. The number of rotatable bonds is 14. The van der Waals surface area contributed by atoms with Gasteiger partial charge in [0.2, 0.25) is 0 Å². The van der Waals surface area contributed by atoms with Crippen molar-refractivity contribution in [1.29, 1.82) is 0 Å². The molecule has 2 saturated heterocycles. The lowest BCUT2D eigenvalue weighted by molar-refractivity contribution is -0.165. The highest BCUT2D eigenvalue weighted by Crippen LogP contribution is 2.39. The summed E-state index contributed by atoms with van der Waals surface area (Å²) in [5.74, 6) is 0.198. The van der Waals surface area contributed by atoms with Crippen molar-refractivity contribution in [1.82, 2.24) is 0 Å². The highest BCUT2D eigenvalue weighted by Gasteiger charge is 2.43.